The molecule has 2 heterocycles. The fourth-order valence-electron chi connectivity index (χ4n) is 3.33. The van der Waals surface area contributed by atoms with E-state index >= 15 is 0 Å². The molecule has 0 aliphatic rings. The number of aromatic nitrogens is 3. The van der Waals surface area contributed by atoms with Crippen LogP contribution in [0.1, 0.15) is 35.7 Å². The van der Waals surface area contributed by atoms with E-state index in [1.807, 2.05) is 30.5 Å². The zero-order chi connectivity index (χ0) is 23.0. The van der Waals surface area contributed by atoms with E-state index in [1.54, 1.807) is 0 Å². The number of nitrogens with one attached hydrogen (secondary N) is 1. The molecule has 0 bridgehead atoms. The standard InChI is InChI=1S/C26H26N4OS2/c1-3-21-15-22(4-2)29-26(28-21)32-17-24(31)30-25-27-16-23(33-25)14-18-10-12-20(13-11-18)19-8-6-5-7-9-19/h5-13,15-16H,3-4,14,17H2,1-2H3,(H,27,30,31). The maximum atomic E-state index is 12.4. The van der Waals surface area contributed by atoms with Crippen LogP contribution >= 0.6 is 23.1 Å². The summed E-state index contributed by atoms with van der Waals surface area (Å²) in [6.45, 7) is 4.14. The second kappa shape index (κ2) is 11.2. The van der Waals surface area contributed by atoms with Crippen LogP contribution in [0.3, 0.4) is 0 Å². The zero-order valence-electron chi connectivity index (χ0n) is 18.7. The third-order valence-electron chi connectivity index (χ3n) is 5.11. The first-order valence-electron chi connectivity index (χ1n) is 11.0. The van der Waals surface area contributed by atoms with Crippen LogP contribution < -0.4 is 5.32 Å². The van der Waals surface area contributed by atoms with Gasteiger partial charge >= 0.3 is 0 Å². The van der Waals surface area contributed by atoms with E-state index in [4.69, 9.17) is 0 Å². The van der Waals surface area contributed by atoms with Crippen molar-refractivity contribution in [2.75, 3.05) is 11.1 Å². The molecule has 4 rings (SSSR count). The van der Waals surface area contributed by atoms with Gasteiger partial charge in [-0.15, -0.1) is 11.3 Å². The van der Waals surface area contributed by atoms with Gasteiger partial charge in [0.1, 0.15) is 0 Å². The molecule has 0 spiro atoms. The summed E-state index contributed by atoms with van der Waals surface area (Å²) in [5.74, 6) is 0.156. The van der Waals surface area contributed by atoms with Crippen molar-refractivity contribution in [3.05, 3.63) is 88.7 Å². The van der Waals surface area contributed by atoms with Gasteiger partial charge < -0.3 is 5.32 Å². The third kappa shape index (κ3) is 6.49. The van der Waals surface area contributed by atoms with Gasteiger partial charge in [-0.05, 0) is 35.6 Å². The molecule has 0 unspecified atom stereocenters. The maximum absolute atomic E-state index is 12.4. The van der Waals surface area contributed by atoms with E-state index in [2.05, 4.69) is 70.5 Å². The minimum absolute atomic E-state index is 0.100. The fraction of sp³-hybridized carbons (Fsp3) is 0.231. The van der Waals surface area contributed by atoms with Crippen molar-refractivity contribution in [3.63, 3.8) is 0 Å². The number of anilines is 1. The highest BCUT2D eigenvalue weighted by Crippen LogP contribution is 2.24. The molecule has 0 saturated carbocycles. The van der Waals surface area contributed by atoms with Crippen molar-refractivity contribution in [1.29, 1.82) is 0 Å². The lowest BCUT2D eigenvalue weighted by atomic mass is 10.0. The highest BCUT2D eigenvalue weighted by molar-refractivity contribution is 7.99. The Bertz CT molecular complexity index is 1180. The van der Waals surface area contributed by atoms with E-state index in [-0.39, 0.29) is 11.7 Å². The van der Waals surface area contributed by atoms with Crippen LogP contribution in [0.25, 0.3) is 11.1 Å². The molecule has 1 amide bonds. The van der Waals surface area contributed by atoms with Crippen molar-refractivity contribution in [2.24, 2.45) is 0 Å². The van der Waals surface area contributed by atoms with Crippen LogP contribution in [0.2, 0.25) is 0 Å². The van der Waals surface area contributed by atoms with Gasteiger partial charge in [0.2, 0.25) is 5.91 Å². The number of thiazole rings is 1. The molecule has 0 aliphatic carbocycles. The van der Waals surface area contributed by atoms with Crippen LogP contribution in [0, 0.1) is 0 Å². The summed E-state index contributed by atoms with van der Waals surface area (Å²) < 4.78 is 0. The Morgan fingerprint density at radius 2 is 1.61 bits per heavy atom. The summed E-state index contributed by atoms with van der Waals surface area (Å²) in [6, 6.07) is 20.9. The van der Waals surface area contributed by atoms with Crippen LogP contribution in [0.15, 0.2) is 72.0 Å². The first kappa shape index (κ1) is 23.1. The molecule has 0 aliphatic heterocycles. The normalized spacial score (nSPS) is 10.8. The summed E-state index contributed by atoms with van der Waals surface area (Å²) >= 11 is 2.87. The SMILES string of the molecule is CCc1cc(CC)nc(SCC(=O)Nc2ncc(Cc3ccc(-c4ccccc4)cc3)s2)n1. The van der Waals surface area contributed by atoms with Crippen molar-refractivity contribution < 1.29 is 4.79 Å². The fourth-order valence-corrected chi connectivity index (χ4v) is 4.89. The number of nitrogens with zero attached hydrogens (tertiary/aromatic N) is 3. The highest BCUT2D eigenvalue weighted by atomic mass is 32.2. The molecule has 0 radical (unpaired) electrons. The lowest BCUT2D eigenvalue weighted by Crippen LogP contribution is -2.14. The largest absolute Gasteiger partial charge is 0.301 e. The number of carbonyl (C=O) groups excluding carboxylic acids is 1. The van der Waals surface area contributed by atoms with E-state index in [0.717, 1.165) is 35.5 Å². The van der Waals surface area contributed by atoms with Crippen molar-refractivity contribution in [3.8, 4) is 11.1 Å². The molecule has 2 aromatic carbocycles. The topological polar surface area (TPSA) is 67.8 Å². The van der Waals surface area contributed by atoms with Gasteiger partial charge in [-0.2, -0.15) is 0 Å². The average Bonchev–Trinajstić information content (AvgIpc) is 3.30. The number of amides is 1. The van der Waals surface area contributed by atoms with Crippen molar-refractivity contribution in [2.45, 2.75) is 38.3 Å². The van der Waals surface area contributed by atoms with Crippen LogP contribution in [0.4, 0.5) is 5.13 Å². The van der Waals surface area contributed by atoms with E-state index in [9.17, 15) is 4.79 Å². The molecule has 2 aromatic heterocycles. The highest BCUT2D eigenvalue weighted by Gasteiger charge is 2.10. The number of carbonyl (C=O) groups is 1. The third-order valence-corrected chi connectivity index (χ3v) is 6.87. The molecule has 5 nitrogen and oxygen atoms in total. The van der Waals surface area contributed by atoms with E-state index < -0.39 is 0 Å². The Balaban J connectivity index is 1.31. The van der Waals surface area contributed by atoms with Gasteiger partial charge in [0.15, 0.2) is 10.3 Å². The molecule has 33 heavy (non-hydrogen) atoms. The van der Waals surface area contributed by atoms with Gasteiger partial charge in [0, 0.05) is 28.9 Å². The number of benzene rings is 2. The van der Waals surface area contributed by atoms with Gasteiger partial charge in [-0.3, -0.25) is 4.79 Å². The molecule has 7 heteroatoms. The second-order valence-corrected chi connectivity index (χ2v) is 9.61. The number of hydrogen-bond acceptors (Lipinski definition) is 6. The van der Waals surface area contributed by atoms with E-state index in [1.165, 1.54) is 39.8 Å². The van der Waals surface area contributed by atoms with Gasteiger partial charge in [0.25, 0.3) is 0 Å². The Kier molecular flexibility index (Phi) is 7.86. The van der Waals surface area contributed by atoms with Gasteiger partial charge in [0.05, 0.1) is 5.75 Å². The Labute approximate surface area is 202 Å². The maximum Gasteiger partial charge on any atom is 0.236 e. The van der Waals surface area contributed by atoms with Crippen molar-refractivity contribution >= 4 is 34.1 Å². The smallest absolute Gasteiger partial charge is 0.236 e. The summed E-state index contributed by atoms with van der Waals surface area (Å²) in [5.41, 5.74) is 5.64. The zero-order valence-corrected chi connectivity index (χ0v) is 20.4. The molecular formula is C26H26N4OS2. The first-order valence-corrected chi connectivity index (χ1v) is 12.8. The molecule has 0 atom stereocenters. The molecule has 4 aromatic rings. The monoisotopic (exact) mass is 474 g/mol. The number of thioether (sulfide) groups is 1. The first-order chi connectivity index (χ1) is 16.1. The van der Waals surface area contributed by atoms with Crippen LogP contribution in [-0.4, -0.2) is 26.6 Å². The van der Waals surface area contributed by atoms with E-state index in [0.29, 0.717) is 10.3 Å². The van der Waals surface area contributed by atoms with Crippen LogP contribution in [-0.2, 0) is 24.1 Å². The summed E-state index contributed by atoms with van der Waals surface area (Å²) in [7, 11) is 0. The summed E-state index contributed by atoms with van der Waals surface area (Å²) in [6.07, 6.45) is 4.33. The number of hydrogen-bond donors (Lipinski definition) is 1. The summed E-state index contributed by atoms with van der Waals surface area (Å²) in [5, 5.41) is 4.17. The molecule has 1 N–H and O–H groups in total. The number of rotatable bonds is 9. The Morgan fingerprint density at radius 1 is 0.939 bits per heavy atom. The predicted octanol–water partition coefficient (Wildman–Crippen LogP) is 6.05. The average molecular weight is 475 g/mol. The quantitative estimate of drug-likeness (QED) is 0.236. The van der Waals surface area contributed by atoms with Crippen LogP contribution in [0.5, 0.6) is 0 Å². The minimum atomic E-state index is -0.100. The van der Waals surface area contributed by atoms with Gasteiger partial charge in [-0.1, -0.05) is 80.2 Å². The minimum Gasteiger partial charge on any atom is -0.301 e. The Morgan fingerprint density at radius 3 is 2.27 bits per heavy atom. The molecular weight excluding hydrogens is 448 g/mol. The lowest BCUT2D eigenvalue weighted by Gasteiger charge is -2.05. The van der Waals surface area contributed by atoms with Crippen molar-refractivity contribution in [1.82, 2.24) is 15.0 Å². The lowest BCUT2D eigenvalue weighted by molar-refractivity contribution is -0.113. The van der Waals surface area contributed by atoms with Gasteiger partial charge in [-0.25, -0.2) is 15.0 Å². The predicted molar refractivity (Wildman–Crippen MR) is 137 cm³/mol. The number of aryl methyl sites for hydroxylation is 2. The molecule has 0 saturated heterocycles. The molecule has 168 valence electrons. The second-order valence-electron chi connectivity index (χ2n) is 7.55. The Hall–Kier alpha value is -3.03. The summed E-state index contributed by atoms with van der Waals surface area (Å²) in [4.78, 5) is 26.9. The molecule has 0 fully saturated rings.